The summed E-state index contributed by atoms with van der Waals surface area (Å²) in [6.07, 6.45) is -0.428. The zero-order valence-corrected chi connectivity index (χ0v) is 8.36. The molecule has 0 fully saturated rings. The van der Waals surface area contributed by atoms with Crippen LogP contribution in [0.3, 0.4) is 0 Å². The third-order valence-electron chi connectivity index (χ3n) is 2.40. The quantitative estimate of drug-likeness (QED) is 0.481. The van der Waals surface area contributed by atoms with Gasteiger partial charge in [0, 0.05) is 6.42 Å². The van der Waals surface area contributed by atoms with E-state index in [4.69, 9.17) is 0 Å². The van der Waals surface area contributed by atoms with Crippen molar-refractivity contribution in [3.8, 4) is 0 Å². The van der Waals surface area contributed by atoms with Crippen LogP contribution >= 0.6 is 0 Å². The summed E-state index contributed by atoms with van der Waals surface area (Å²) in [6, 6.07) is 0. The largest absolute Gasteiger partial charge is 0.390 e. The van der Waals surface area contributed by atoms with Crippen LogP contribution in [0.25, 0.3) is 0 Å². The van der Waals surface area contributed by atoms with E-state index in [0.29, 0.717) is 0 Å². The summed E-state index contributed by atoms with van der Waals surface area (Å²) in [6.45, 7) is 5.85. The van der Waals surface area contributed by atoms with Gasteiger partial charge in [0.2, 0.25) is 0 Å². The number of aliphatic hydroxyl groups is 3. The maximum atomic E-state index is 9.66. The van der Waals surface area contributed by atoms with Crippen LogP contribution in [0.1, 0.15) is 27.2 Å². The third-order valence-corrected chi connectivity index (χ3v) is 2.40. The van der Waals surface area contributed by atoms with Crippen molar-refractivity contribution in [1.29, 1.82) is 0 Å². The van der Waals surface area contributed by atoms with Crippen molar-refractivity contribution in [2.45, 2.75) is 45.5 Å². The Morgan fingerprint density at radius 3 is 2.23 bits per heavy atom. The molecule has 0 bridgehead atoms. The van der Waals surface area contributed by atoms with Crippen LogP contribution < -0.4 is 0 Å². The molecule has 0 radical (unpaired) electrons. The molecule has 1 aliphatic rings. The number of rotatable bonds is 0. The summed E-state index contributed by atoms with van der Waals surface area (Å²) in [4.78, 5) is 0. The van der Waals surface area contributed by atoms with E-state index in [2.05, 4.69) is 0 Å². The number of hydrogen-bond donors (Lipinski definition) is 3. The van der Waals surface area contributed by atoms with Crippen LogP contribution in [0.4, 0.5) is 0 Å². The van der Waals surface area contributed by atoms with Gasteiger partial charge in [-0.3, -0.25) is 0 Å². The van der Waals surface area contributed by atoms with Crippen molar-refractivity contribution in [2.24, 2.45) is 5.41 Å². The summed E-state index contributed by atoms with van der Waals surface area (Å²) >= 11 is 0. The molecule has 3 heteroatoms. The van der Waals surface area contributed by atoms with Gasteiger partial charge in [-0.2, -0.15) is 0 Å². The van der Waals surface area contributed by atoms with Crippen LogP contribution in [0.2, 0.25) is 0 Å². The molecule has 3 N–H and O–H groups in total. The Bertz CT molecular complexity index is 215. The average Bonchev–Trinajstić information content (AvgIpc) is 1.94. The van der Waals surface area contributed by atoms with Gasteiger partial charge in [-0.1, -0.05) is 26.8 Å². The highest BCUT2D eigenvalue weighted by Crippen LogP contribution is 2.33. The topological polar surface area (TPSA) is 60.7 Å². The minimum atomic E-state index is -0.839. The summed E-state index contributed by atoms with van der Waals surface area (Å²) in [5, 5.41) is 28.5. The smallest absolute Gasteiger partial charge is 0.102 e. The van der Waals surface area contributed by atoms with E-state index in [-0.39, 0.29) is 11.8 Å². The monoisotopic (exact) mass is 186 g/mol. The fraction of sp³-hybridized carbons (Fsp3) is 0.800. The summed E-state index contributed by atoms with van der Waals surface area (Å²) < 4.78 is 0. The zero-order chi connectivity index (χ0) is 10.2. The first-order valence-electron chi connectivity index (χ1n) is 4.59. The maximum Gasteiger partial charge on any atom is 0.102 e. The molecule has 0 spiro atoms. The highest BCUT2D eigenvalue weighted by Gasteiger charge is 2.33. The SMILES string of the molecule is CC(C)(C)C1=CC(O)CC(O)C1O. The summed E-state index contributed by atoms with van der Waals surface area (Å²) in [5.41, 5.74) is 0.515. The Balaban J connectivity index is 2.93. The van der Waals surface area contributed by atoms with Crippen molar-refractivity contribution < 1.29 is 15.3 Å². The Kier molecular flexibility index (Phi) is 2.80. The maximum absolute atomic E-state index is 9.66. The molecule has 0 aromatic carbocycles. The predicted octanol–water partition coefficient (Wildman–Crippen LogP) is 0.445. The molecule has 0 aliphatic heterocycles. The van der Waals surface area contributed by atoms with Crippen LogP contribution in [0.15, 0.2) is 11.6 Å². The van der Waals surface area contributed by atoms with Gasteiger partial charge >= 0.3 is 0 Å². The molecule has 13 heavy (non-hydrogen) atoms. The molecule has 3 nitrogen and oxygen atoms in total. The Labute approximate surface area is 78.7 Å². The lowest BCUT2D eigenvalue weighted by Crippen LogP contribution is -2.39. The lowest BCUT2D eigenvalue weighted by atomic mass is 9.77. The zero-order valence-electron chi connectivity index (χ0n) is 8.36. The Morgan fingerprint density at radius 2 is 1.77 bits per heavy atom. The Morgan fingerprint density at radius 1 is 1.23 bits per heavy atom. The van der Waals surface area contributed by atoms with E-state index in [1.807, 2.05) is 20.8 Å². The lowest BCUT2D eigenvalue weighted by molar-refractivity contribution is -0.00596. The van der Waals surface area contributed by atoms with Crippen LogP contribution in [-0.2, 0) is 0 Å². The van der Waals surface area contributed by atoms with Gasteiger partial charge in [-0.15, -0.1) is 0 Å². The van der Waals surface area contributed by atoms with E-state index in [1.54, 1.807) is 6.08 Å². The standard InChI is InChI=1S/C10H18O3/c1-10(2,3)7-4-6(11)5-8(12)9(7)13/h4,6,8-9,11-13H,5H2,1-3H3. The molecule has 0 aromatic rings. The van der Waals surface area contributed by atoms with Crippen LogP contribution in [0, 0.1) is 5.41 Å². The second kappa shape index (κ2) is 3.40. The van der Waals surface area contributed by atoms with Gasteiger partial charge in [0.15, 0.2) is 0 Å². The summed E-state index contributed by atoms with van der Waals surface area (Å²) in [5.74, 6) is 0. The molecule has 76 valence electrons. The molecule has 0 saturated carbocycles. The molecule has 1 rings (SSSR count). The van der Waals surface area contributed by atoms with Crippen LogP contribution in [0.5, 0.6) is 0 Å². The Hall–Kier alpha value is -0.380. The highest BCUT2D eigenvalue weighted by molar-refractivity contribution is 5.22. The van der Waals surface area contributed by atoms with Crippen LogP contribution in [-0.4, -0.2) is 33.6 Å². The van der Waals surface area contributed by atoms with Crippen molar-refractivity contribution in [3.05, 3.63) is 11.6 Å². The molecular formula is C10H18O3. The summed E-state index contributed by atoms with van der Waals surface area (Å²) in [7, 11) is 0. The predicted molar refractivity (Wildman–Crippen MR) is 50.2 cm³/mol. The van der Waals surface area contributed by atoms with E-state index >= 15 is 0 Å². The molecule has 3 unspecified atom stereocenters. The second-order valence-corrected chi connectivity index (χ2v) is 4.69. The van der Waals surface area contributed by atoms with Gasteiger partial charge in [0.05, 0.1) is 12.2 Å². The van der Waals surface area contributed by atoms with Gasteiger partial charge in [0.1, 0.15) is 6.10 Å². The van der Waals surface area contributed by atoms with Gasteiger partial charge < -0.3 is 15.3 Å². The average molecular weight is 186 g/mol. The first-order valence-corrected chi connectivity index (χ1v) is 4.59. The third kappa shape index (κ3) is 2.30. The molecule has 0 amide bonds. The number of aliphatic hydroxyl groups excluding tert-OH is 3. The van der Waals surface area contributed by atoms with E-state index < -0.39 is 18.3 Å². The lowest BCUT2D eigenvalue weighted by Gasteiger charge is -2.35. The van der Waals surface area contributed by atoms with Gasteiger partial charge in [-0.25, -0.2) is 0 Å². The molecule has 0 saturated heterocycles. The molecular weight excluding hydrogens is 168 g/mol. The molecule has 3 atom stereocenters. The normalized spacial score (nSPS) is 35.8. The van der Waals surface area contributed by atoms with Gasteiger partial charge in [-0.05, 0) is 11.0 Å². The number of hydrogen-bond acceptors (Lipinski definition) is 3. The van der Waals surface area contributed by atoms with E-state index in [1.165, 1.54) is 0 Å². The van der Waals surface area contributed by atoms with Gasteiger partial charge in [0.25, 0.3) is 0 Å². The fourth-order valence-electron chi connectivity index (χ4n) is 1.65. The molecule has 1 aliphatic carbocycles. The highest BCUT2D eigenvalue weighted by atomic mass is 16.3. The van der Waals surface area contributed by atoms with Crippen molar-refractivity contribution in [3.63, 3.8) is 0 Å². The fourth-order valence-corrected chi connectivity index (χ4v) is 1.65. The first-order chi connectivity index (χ1) is 5.82. The van der Waals surface area contributed by atoms with E-state index in [0.717, 1.165) is 5.57 Å². The molecule has 0 aromatic heterocycles. The minimum absolute atomic E-state index is 0.207. The first kappa shape index (κ1) is 10.7. The van der Waals surface area contributed by atoms with Crippen molar-refractivity contribution in [2.75, 3.05) is 0 Å². The van der Waals surface area contributed by atoms with Crippen molar-refractivity contribution >= 4 is 0 Å². The van der Waals surface area contributed by atoms with Crippen molar-refractivity contribution in [1.82, 2.24) is 0 Å². The van der Waals surface area contributed by atoms with E-state index in [9.17, 15) is 15.3 Å². The minimum Gasteiger partial charge on any atom is -0.390 e. The molecule has 0 heterocycles. The second-order valence-electron chi connectivity index (χ2n) is 4.69.